The highest BCUT2D eigenvalue weighted by Crippen LogP contribution is 2.25. The van der Waals surface area contributed by atoms with Crippen LogP contribution in [-0.4, -0.2) is 10.9 Å². The van der Waals surface area contributed by atoms with Gasteiger partial charge in [0.25, 0.3) is 0 Å². The molecule has 0 aliphatic rings. The van der Waals surface area contributed by atoms with Crippen molar-refractivity contribution in [3.63, 3.8) is 0 Å². The number of nitrogens with one attached hydrogen (secondary N) is 2. The van der Waals surface area contributed by atoms with Crippen molar-refractivity contribution < 1.29 is 9.18 Å². The zero-order valence-electron chi connectivity index (χ0n) is 14.1. The molecule has 3 aromatic rings. The van der Waals surface area contributed by atoms with Crippen LogP contribution in [0.5, 0.6) is 0 Å². The van der Waals surface area contributed by atoms with Crippen molar-refractivity contribution in [2.45, 2.75) is 13.3 Å². The number of amides is 1. The van der Waals surface area contributed by atoms with E-state index in [1.807, 2.05) is 25.1 Å². The number of aromatic nitrogens is 1. The van der Waals surface area contributed by atoms with Crippen LogP contribution in [0, 0.1) is 12.7 Å². The molecule has 0 radical (unpaired) electrons. The summed E-state index contributed by atoms with van der Waals surface area (Å²) in [4.78, 5) is 16.4. The smallest absolute Gasteiger partial charge is 0.228 e. The molecule has 1 heterocycles. The minimum absolute atomic E-state index is 0.169. The molecule has 6 heteroatoms. The van der Waals surface area contributed by atoms with Crippen LogP contribution in [0.1, 0.15) is 11.1 Å². The van der Waals surface area contributed by atoms with Gasteiger partial charge < -0.3 is 10.6 Å². The Morgan fingerprint density at radius 1 is 1.12 bits per heavy atom. The standard InChI is InChI=1S/C20H17ClFN3O/c1-13-17(21)3-2-4-18(13)25-19-10-9-16(12-23-19)24-20(26)11-14-5-7-15(22)8-6-14/h2-10,12H,11H2,1H3,(H,23,25)(H,24,26). The number of carbonyl (C=O) groups is 1. The first-order valence-corrected chi connectivity index (χ1v) is 8.41. The van der Waals surface area contributed by atoms with Crippen molar-refractivity contribution in [3.05, 3.63) is 82.8 Å². The summed E-state index contributed by atoms with van der Waals surface area (Å²) in [5, 5.41) is 6.65. The number of anilines is 3. The van der Waals surface area contributed by atoms with Crippen molar-refractivity contribution in [1.82, 2.24) is 4.98 Å². The highest BCUT2D eigenvalue weighted by atomic mass is 35.5. The van der Waals surface area contributed by atoms with Crippen LogP contribution in [0.25, 0.3) is 0 Å². The van der Waals surface area contributed by atoms with E-state index in [0.717, 1.165) is 16.8 Å². The first kappa shape index (κ1) is 17.9. The Morgan fingerprint density at radius 3 is 2.58 bits per heavy atom. The molecule has 0 atom stereocenters. The van der Waals surface area contributed by atoms with Gasteiger partial charge in [-0.2, -0.15) is 0 Å². The first-order chi connectivity index (χ1) is 12.5. The van der Waals surface area contributed by atoms with Gasteiger partial charge in [0.1, 0.15) is 11.6 Å². The molecule has 0 aliphatic carbocycles. The molecule has 0 bridgehead atoms. The molecule has 2 N–H and O–H groups in total. The Balaban J connectivity index is 1.61. The molecule has 0 saturated carbocycles. The van der Waals surface area contributed by atoms with Gasteiger partial charge in [0, 0.05) is 10.7 Å². The van der Waals surface area contributed by atoms with Crippen molar-refractivity contribution >= 4 is 34.7 Å². The Labute approximate surface area is 156 Å². The molecule has 3 rings (SSSR count). The number of benzene rings is 2. The SMILES string of the molecule is Cc1c(Cl)cccc1Nc1ccc(NC(=O)Cc2ccc(F)cc2)cn1. The average molecular weight is 370 g/mol. The summed E-state index contributed by atoms with van der Waals surface area (Å²) >= 11 is 6.11. The van der Waals surface area contributed by atoms with Gasteiger partial charge in [0.15, 0.2) is 0 Å². The third-order valence-electron chi connectivity index (χ3n) is 3.86. The lowest BCUT2D eigenvalue weighted by atomic mass is 10.1. The zero-order chi connectivity index (χ0) is 18.5. The number of hydrogen-bond donors (Lipinski definition) is 2. The molecule has 0 spiro atoms. The molecule has 2 aromatic carbocycles. The molecule has 132 valence electrons. The topological polar surface area (TPSA) is 54.0 Å². The molecule has 26 heavy (non-hydrogen) atoms. The van der Waals surface area contributed by atoms with E-state index in [4.69, 9.17) is 11.6 Å². The fourth-order valence-electron chi connectivity index (χ4n) is 2.42. The lowest BCUT2D eigenvalue weighted by Crippen LogP contribution is -2.14. The van der Waals surface area contributed by atoms with Crippen LogP contribution in [0.15, 0.2) is 60.8 Å². The molecular weight excluding hydrogens is 353 g/mol. The molecule has 0 saturated heterocycles. The highest BCUT2D eigenvalue weighted by Gasteiger charge is 2.06. The van der Waals surface area contributed by atoms with Gasteiger partial charge in [0.2, 0.25) is 5.91 Å². The van der Waals surface area contributed by atoms with Crippen LogP contribution in [0.4, 0.5) is 21.6 Å². The predicted octanol–water partition coefficient (Wildman–Crippen LogP) is 5.11. The van der Waals surface area contributed by atoms with Crippen molar-refractivity contribution in [2.24, 2.45) is 0 Å². The summed E-state index contributed by atoms with van der Waals surface area (Å²) in [5.41, 5.74) is 3.14. The predicted molar refractivity (Wildman–Crippen MR) is 102 cm³/mol. The Kier molecular flexibility index (Phi) is 5.49. The molecular formula is C20H17ClFN3O. The summed E-state index contributed by atoms with van der Waals surface area (Å²) in [7, 11) is 0. The van der Waals surface area contributed by atoms with E-state index in [1.54, 1.807) is 30.5 Å². The minimum atomic E-state index is -0.323. The maximum Gasteiger partial charge on any atom is 0.228 e. The Morgan fingerprint density at radius 2 is 1.88 bits per heavy atom. The maximum absolute atomic E-state index is 12.9. The lowest BCUT2D eigenvalue weighted by Gasteiger charge is -2.11. The van der Waals surface area contributed by atoms with E-state index >= 15 is 0 Å². The van der Waals surface area contributed by atoms with E-state index < -0.39 is 0 Å². The van der Waals surface area contributed by atoms with Crippen LogP contribution < -0.4 is 10.6 Å². The third kappa shape index (κ3) is 4.58. The third-order valence-corrected chi connectivity index (χ3v) is 4.27. The largest absolute Gasteiger partial charge is 0.340 e. The second kappa shape index (κ2) is 7.97. The van der Waals surface area contributed by atoms with Crippen LogP contribution in [-0.2, 0) is 11.2 Å². The molecule has 0 unspecified atom stereocenters. The first-order valence-electron chi connectivity index (χ1n) is 8.04. The number of rotatable bonds is 5. The number of carbonyl (C=O) groups excluding carboxylic acids is 1. The number of hydrogen-bond acceptors (Lipinski definition) is 3. The van der Waals surface area contributed by atoms with E-state index in [9.17, 15) is 9.18 Å². The normalized spacial score (nSPS) is 10.4. The van der Waals surface area contributed by atoms with E-state index in [1.165, 1.54) is 12.1 Å². The van der Waals surface area contributed by atoms with Gasteiger partial charge in [-0.05, 0) is 54.4 Å². The van der Waals surface area contributed by atoms with Gasteiger partial charge >= 0.3 is 0 Å². The Bertz CT molecular complexity index is 911. The van der Waals surface area contributed by atoms with Crippen molar-refractivity contribution in [1.29, 1.82) is 0 Å². The fourth-order valence-corrected chi connectivity index (χ4v) is 2.59. The number of nitrogens with zero attached hydrogens (tertiary/aromatic N) is 1. The quantitative estimate of drug-likeness (QED) is 0.657. The summed E-state index contributed by atoms with van der Waals surface area (Å²) in [6.07, 6.45) is 1.74. The fraction of sp³-hybridized carbons (Fsp3) is 0.100. The summed E-state index contributed by atoms with van der Waals surface area (Å²) in [6, 6.07) is 15.0. The number of pyridine rings is 1. The van der Waals surface area contributed by atoms with Crippen LogP contribution in [0.2, 0.25) is 5.02 Å². The van der Waals surface area contributed by atoms with Gasteiger partial charge in [-0.15, -0.1) is 0 Å². The maximum atomic E-state index is 12.9. The second-order valence-electron chi connectivity index (χ2n) is 5.82. The molecule has 0 aliphatic heterocycles. The molecule has 4 nitrogen and oxygen atoms in total. The highest BCUT2D eigenvalue weighted by molar-refractivity contribution is 6.31. The van der Waals surface area contributed by atoms with E-state index in [-0.39, 0.29) is 18.1 Å². The van der Waals surface area contributed by atoms with Crippen molar-refractivity contribution in [2.75, 3.05) is 10.6 Å². The Hall–Kier alpha value is -2.92. The monoisotopic (exact) mass is 369 g/mol. The zero-order valence-corrected chi connectivity index (χ0v) is 14.8. The van der Waals surface area contributed by atoms with Gasteiger partial charge in [-0.25, -0.2) is 9.37 Å². The molecule has 0 fully saturated rings. The summed E-state index contributed by atoms with van der Waals surface area (Å²) < 4.78 is 12.9. The molecule has 1 aromatic heterocycles. The molecule has 1 amide bonds. The van der Waals surface area contributed by atoms with Gasteiger partial charge in [-0.1, -0.05) is 29.8 Å². The van der Waals surface area contributed by atoms with Gasteiger partial charge in [-0.3, -0.25) is 4.79 Å². The minimum Gasteiger partial charge on any atom is -0.340 e. The average Bonchev–Trinajstić information content (AvgIpc) is 2.62. The van der Waals surface area contributed by atoms with Crippen molar-refractivity contribution in [3.8, 4) is 0 Å². The van der Waals surface area contributed by atoms with Crippen LogP contribution >= 0.6 is 11.6 Å². The summed E-state index contributed by atoms with van der Waals surface area (Å²) in [6.45, 7) is 1.93. The number of halogens is 2. The van der Waals surface area contributed by atoms with E-state index in [2.05, 4.69) is 15.6 Å². The van der Waals surface area contributed by atoms with Gasteiger partial charge in [0.05, 0.1) is 18.3 Å². The second-order valence-corrected chi connectivity index (χ2v) is 6.23. The summed E-state index contributed by atoms with van der Waals surface area (Å²) in [5.74, 6) is 0.132. The van der Waals surface area contributed by atoms with E-state index in [0.29, 0.717) is 16.5 Å². The lowest BCUT2D eigenvalue weighted by molar-refractivity contribution is -0.115. The van der Waals surface area contributed by atoms with Crippen LogP contribution in [0.3, 0.4) is 0 Å².